The van der Waals surface area contributed by atoms with E-state index in [0.717, 1.165) is 24.5 Å². The standard InChI is InChI=1S/C19H25N3O2S/c1-14(2)22(15(3)4)25(23,24)17-9-10-19(20-13-17)21-12-11-16-7-5-6-8-18(16)21/h5-10,13-15H,11-12H2,1-4H3. The van der Waals surface area contributed by atoms with Crippen LogP contribution in [0.15, 0.2) is 47.5 Å². The fourth-order valence-corrected chi connectivity index (χ4v) is 5.31. The van der Waals surface area contributed by atoms with E-state index in [2.05, 4.69) is 22.0 Å². The van der Waals surface area contributed by atoms with E-state index in [1.165, 1.54) is 16.1 Å². The number of sulfonamides is 1. The molecule has 6 heteroatoms. The molecule has 0 amide bonds. The molecule has 0 spiro atoms. The smallest absolute Gasteiger partial charge is 0.245 e. The largest absolute Gasteiger partial charge is 0.326 e. The maximum absolute atomic E-state index is 12.9. The van der Waals surface area contributed by atoms with Gasteiger partial charge in [0.05, 0.1) is 0 Å². The second-order valence-corrected chi connectivity index (χ2v) is 8.75. The van der Waals surface area contributed by atoms with Crippen LogP contribution in [0.4, 0.5) is 11.5 Å². The molecule has 0 saturated heterocycles. The van der Waals surface area contributed by atoms with E-state index >= 15 is 0 Å². The summed E-state index contributed by atoms with van der Waals surface area (Å²) in [5, 5.41) is 0. The topological polar surface area (TPSA) is 53.5 Å². The zero-order chi connectivity index (χ0) is 18.2. The van der Waals surface area contributed by atoms with E-state index < -0.39 is 10.0 Å². The Labute approximate surface area is 150 Å². The predicted octanol–water partition coefficient (Wildman–Crippen LogP) is 3.58. The highest BCUT2D eigenvalue weighted by Gasteiger charge is 2.30. The zero-order valence-electron chi connectivity index (χ0n) is 15.2. The lowest BCUT2D eigenvalue weighted by molar-refractivity contribution is 0.302. The lowest BCUT2D eigenvalue weighted by Gasteiger charge is -2.29. The molecule has 1 aromatic carbocycles. The van der Waals surface area contributed by atoms with Crippen LogP contribution in [0.3, 0.4) is 0 Å². The van der Waals surface area contributed by atoms with E-state index in [-0.39, 0.29) is 17.0 Å². The van der Waals surface area contributed by atoms with Crippen molar-refractivity contribution >= 4 is 21.5 Å². The summed E-state index contributed by atoms with van der Waals surface area (Å²) in [6.45, 7) is 8.42. The van der Waals surface area contributed by atoms with Crippen LogP contribution in [0.5, 0.6) is 0 Å². The Kier molecular flexibility index (Phi) is 4.84. The van der Waals surface area contributed by atoms with Gasteiger partial charge in [0.2, 0.25) is 10.0 Å². The van der Waals surface area contributed by atoms with Gasteiger partial charge in [0.1, 0.15) is 10.7 Å². The summed E-state index contributed by atoms with van der Waals surface area (Å²) in [7, 11) is -3.55. The number of aromatic nitrogens is 1. The highest BCUT2D eigenvalue weighted by atomic mass is 32.2. The van der Waals surface area contributed by atoms with Crippen LogP contribution in [0.2, 0.25) is 0 Å². The Morgan fingerprint density at radius 2 is 1.72 bits per heavy atom. The van der Waals surface area contributed by atoms with Crippen LogP contribution in [-0.2, 0) is 16.4 Å². The van der Waals surface area contributed by atoms with Crippen LogP contribution in [0.25, 0.3) is 0 Å². The van der Waals surface area contributed by atoms with Crippen molar-refractivity contribution in [3.63, 3.8) is 0 Å². The molecule has 5 nitrogen and oxygen atoms in total. The predicted molar refractivity (Wildman–Crippen MR) is 101 cm³/mol. The highest BCUT2D eigenvalue weighted by molar-refractivity contribution is 7.89. The average molecular weight is 359 g/mol. The van der Waals surface area contributed by atoms with Crippen molar-refractivity contribution < 1.29 is 8.42 Å². The maximum Gasteiger partial charge on any atom is 0.245 e. The van der Waals surface area contributed by atoms with Gasteiger partial charge < -0.3 is 4.90 Å². The molecule has 2 heterocycles. The van der Waals surface area contributed by atoms with Gasteiger partial charge in [-0.1, -0.05) is 18.2 Å². The summed E-state index contributed by atoms with van der Waals surface area (Å²) in [5.41, 5.74) is 2.45. The van der Waals surface area contributed by atoms with Gasteiger partial charge in [-0.25, -0.2) is 13.4 Å². The number of anilines is 2. The summed E-state index contributed by atoms with van der Waals surface area (Å²) in [5.74, 6) is 0.782. The van der Waals surface area contributed by atoms with E-state index in [1.54, 1.807) is 12.1 Å². The number of benzene rings is 1. The van der Waals surface area contributed by atoms with Crippen molar-refractivity contribution in [1.29, 1.82) is 0 Å². The maximum atomic E-state index is 12.9. The first-order valence-electron chi connectivity index (χ1n) is 8.67. The Balaban J connectivity index is 1.91. The summed E-state index contributed by atoms with van der Waals surface area (Å²) in [6.07, 6.45) is 2.45. The third-order valence-electron chi connectivity index (χ3n) is 4.48. The van der Waals surface area contributed by atoms with Crippen LogP contribution >= 0.6 is 0 Å². The number of hydrogen-bond donors (Lipinski definition) is 0. The van der Waals surface area contributed by atoms with Crippen LogP contribution < -0.4 is 4.90 Å². The van der Waals surface area contributed by atoms with Gasteiger partial charge in [-0.15, -0.1) is 0 Å². The molecule has 0 saturated carbocycles. The van der Waals surface area contributed by atoms with Gasteiger partial charge in [-0.3, -0.25) is 0 Å². The first-order chi connectivity index (χ1) is 11.8. The molecule has 2 aromatic rings. The summed E-state index contributed by atoms with van der Waals surface area (Å²) in [4.78, 5) is 6.82. The molecular formula is C19H25N3O2S. The Morgan fingerprint density at radius 1 is 1.04 bits per heavy atom. The highest BCUT2D eigenvalue weighted by Crippen LogP contribution is 2.33. The summed E-state index contributed by atoms with van der Waals surface area (Å²) < 4.78 is 27.4. The van der Waals surface area contributed by atoms with Gasteiger partial charge in [0.15, 0.2) is 0 Å². The van der Waals surface area contributed by atoms with Gasteiger partial charge in [0, 0.05) is 30.5 Å². The number of hydrogen-bond acceptors (Lipinski definition) is 4. The van der Waals surface area contributed by atoms with Crippen molar-refractivity contribution in [2.45, 2.75) is 51.1 Å². The first-order valence-corrected chi connectivity index (χ1v) is 10.1. The normalized spacial score (nSPS) is 14.6. The third-order valence-corrected chi connectivity index (χ3v) is 6.71. The number of pyridine rings is 1. The van der Waals surface area contributed by atoms with Crippen LogP contribution in [0, 0.1) is 0 Å². The molecule has 0 aliphatic carbocycles. The van der Waals surface area contributed by atoms with E-state index in [9.17, 15) is 8.42 Å². The fourth-order valence-electron chi connectivity index (χ4n) is 3.53. The Hall–Kier alpha value is -1.92. The van der Waals surface area contributed by atoms with Crippen molar-refractivity contribution in [3.8, 4) is 0 Å². The van der Waals surface area contributed by atoms with Gasteiger partial charge >= 0.3 is 0 Å². The van der Waals surface area contributed by atoms with Crippen molar-refractivity contribution in [2.75, 3.05) is 11.4 Å². The molecule has 0 bridgehead atoms. The molecule has 1 aliphatic heterocycles. The first kappa shape index (κ1) is 17.9. The van der Waals surface area contributed by atoms with Crippen molar-refractivity contribution in [3.05, 3.63) is 48.2 Å². The number of rotatable bonds is 5. The minimum Gasteiger partial charge on any atom is -0.326 e. The van der Waals surface area contributed by atoms with Crippen molar-refractivity contribution in [2.24, 2.45) is 0 Å². The molecule has 0 radical (unpaired) electrons. The molecule has 1 aromatic heterocycles. The Morgan fingerprint density at radius 3 is 2.32 bits per heavy atom. The molecule has 0 fully saturated rings. The summed E-state index contributed by atoms with van der Waals surface area (Å²) in [6, 6.07) is 11.5. The summed E-state index contributed by atoms with van der Waals surface area (Å²) >= 11 is 0. The second-order valence-electron chi connectivity index (χ2n) is 6.90. The molecule has 0 atom stereocenters. The SMILES string of the molecule is CC(C)N(C(C)C)S(=O)(=O)c1ccc(N2CCc3ccccc32)nc1. The monoisotopic (exact) mass is 359 g/mol. The number of fused-ring (bicyclic) bond motifs is 1. The lowest BCUT2D eigenvalue weighted by atomic mass is 10.2. The fraction of sp³-hybridized carbons (Fsp3) is 0.421. The van der Waals surface area contributed by atoms with Crippen LogP contribution in [-0.4, -0.2) is 36.3 Å². The number of nitrogens with zero attached hydrogens (tertiary/aromatic N) is 3. The molecule has 1 aliphatic rings. The average Bonchev–Trinajstić information content (AvgIpc) is 2.98. The molecule has 25 heavy (non-hydrogen) atoms. The molecule has 134 valence electrons. The molecular weight excluding hydrogens is 334 g/mol. The zero-order valence-corrected chi connectivity index (χ0v) is 16.0. The van der Waals surface area contributed by atoms with E-state index in [4.69, 9.17) is 0 Å². The second kappa shape index (κ2) is 6.77. The van der Waals surface area contributed by atoms with Gasteiger partial charge in [-0.2, -0.15) is 4.31 Å². The van der Waals surface area contributed by atoms with Gasteiger partial charge in [-0.05, 0) is 57.9 Å². The van der Waals surface area contributed by atoms with E-state index in [0.29, 0.717) is 0 Å². The molecule has 3 rings (SSSR count). The van der Waals surface area contributed by atoms with Gasteiger partial charge in [0.25, 0.3) is 0 Å². The Bertz CT molecular complexity index is 837. The quantitative estimate of drug-likeness (QED) is 0.819. The minimum atomic E-state index is -3.55. The van der Waals surface area contributed by atoms with Crippen LogP contribution in [0.1, 0.15) is 33.3 Å². The van der Waals surface area contributed by atoms with Crippen molar-refractivity contribution in [1.82, 2.24) is 9.29 Å². The molecule has 0 N–H and O–H groups in total. The molecule has 0 unspecified atom stereocenters. The lowest BCUT2D eigenvalue weighted by Crippen LogP contribution is -2.41. The third kappa shape index (κ3) is 3.28. The van der Waals surface area contributed by atoms with E-state index in [1.807, 2.05) is 39.8 Å². The minimum absolute atomic E-state index is 0.102. The number of para-hydroxylation sites is 1.